The molecule has 436 valence electrons. The summed E-state index contributed by atoms with van der Waals surface area (Å²) in [4.78, 5) is 102. The van der Waals surface area contributed by atoms with E-state index in [1.165, 1.54) is 30.7 Å². The third-order valence-electron chi connectivity index (χ3n) is 14.9. The van der Waals surface area contributed by atoms with Crippen molar-refractivity contribution < 1.29 is 74.4 Å². The minimum atomic E-state index is -2.29. The molecule has 1 aromatic carbocycles. The summed E-state index contributed by atoms with van der Waals surface area (Å²) in [6.45, 7) is 6.72. The standard InChI is InChI=1S/C52H88N10O15/c1-5-28(2)24-29(3)12-10-8-6-7-9-11-13-39(69)56-34-26-38(68)47(55-22-21-54)60-50(75)43-37(67)19-23-61(43)51(76)41(36(66)18-20-53)58-49(74)42(46(72)44(70)31-14-16-32(64)17-15-31)59-52(77)62-27-33(65)25-35(62)45(71)40(30(4)63)57-48(34)73/h14-17,28-30,33-38,40-44,46-47,55,63-68,70,72H,5-13,18-27,53-54H2,1-4H3,(H,56,69)(H,57,73)(H,58,74)(H,59,77)(H,60,75)/t28-,29+,30+,33-,34-,35?,36+,37-,38+,40-,41-,42-,43-,44-,46-,47+/m0/s1. The highest BCUT2D eigenvalue weighted by atomic mass is 16.3. The smallest absolute Gasteiger partial charge is 0.318 e. The van der Waals surface area contributed by atoms with Crippen LogP contribution >= 0.6 is 0 Å². The second kappa shape index (κ2) is 31.5. The zero-order valence-electron chi connectivity index (χ0n) is 45.0. The molecule has 3 heterocycles. The molecule has 0 aromatic heterocycles. The van der Waals surface area contributed by atoms with E-state index in [0.29, 0.717) is 24.7 Å². The Morgan fingerprint density at radius 3 is 2.03 bits per heavy atom. The number of unbranched alkanes of at least 4 members (excludes halogenated alkanes) is 5. The molecule has 1 aromatic rings. The van der Waals surface area contributed by atoms with Gasteiger partial charge in [0.25, 0.3) is 0 Å². The van der Waals surface area contributed by atoms with E-state index >= 15 is 0 Å². The average molecular weight is 1090 g/mol. The number of fused-ring (bicyclic) bond motifs is 2. The van der Waals surface area contributed by atoms with Crippen LogP contribution < -0.4 is 43.4 Å². The lowest BCUT2D eigenvalue weighted by Gasteiger charge is -2.35. The first-order valence-corrected chi connectivity index (χ1v) is 27.3. The maximum atomic E-state index is 14.6. The van der Waals surface area contributed by atoms with Crippen LogP contribution in [0.5, 0.6) is 5.75 Å². The molecule has 7 amide bonds. The number of Topliss-reactive ketones (excluding diaryl/α,β-unsaturated/α-hetero) is 1. The van der Waals surface area contributed by atoms with Crippen molar-refractivity contribution in [2.45, 2.75) is 203 Å². The van der Waals surface area contributed by atoms with Gasteiger partial charge in [-0.15, -0.1) is 0 Å². The molecule has 77 heavy (non-hydrogen) atoms. The third-order valence-corrected chi connectivity index (χ3v) is 14.9. The van der Waals surface area contributed by atoms with E-state index in [0.717, 1.165) is 55.2 Å². The second-order valence-electron chi connectivity index (χ2n) is 21.3. The highest BCUT2D eigenvalue weighted by molar-refractivity contribution is 5.99. The molecule has 0 aliphatic carbocycles. The van der Waals surface area contributed by atoms with Crippen LogP contribution in [0.2, 0.25) is 0 Å². The molecular formula is C52H88N10O15. The summed E-state index contributed by atoms with van der Waals surface area (Å²) in [7, 11) is 0. The number of rotatable bonds is 23. The van der Waals surface area contributed by atoms with Crippen molar-refractivity contribution in [3.05, 3.63) is 29.8 Å². The minimum Gasteiger partial charge on any atom is -0.508 e. The van der Waals surface area contributed by atoms with Crippen LogP contribution in [0.15, 0.2) is 24.3 Å². The Hall–Kier alpha value is -5.09. The monoisotopic (exact) mass is 1090 g/mol. The molecule has 3 fully saturated rings. The molecule has 0 spiro atoms. The Balaban J connectivity index is 1.73. The van der Waals surface area contributed by atoms with Crippen molar-refractivity contribution in [3.63, 3.8) is 0 Å². The van der Waals surface area contributed by atoms with E-state index < -0.39 is 146 Å². The Labute approximate surface area is 450 Å². The van der Waals surface area contributed by atoms with E-state index in [-0.39, 0.29) is 56.8 Å². The number of ketones is 1. The molecule has 25 nitrogen and oxygen atoms in total. The van der Waals surface area contributed by atoms with Gasteiger partial charge in [0.1, 0.15) is 54.3 Å². The summed E-state index contributed by atoms with van der Waals surface area (Å²) in [6.07, 6.45) is -6.91. The van der Waals surface area contributed by atoms with E-state index in [4.69, 9.17) is 11.5 Å². The molecular weight excluding hydrogens is 1000 g/mol. The Bertz CT molecular complexity index is 2070. The lowest BCUT2D eigenvalue weighted by molar-refractivity contribution is -0.147. The number of nitrogens with one attached hydrogen (secondary N) is 6. The number of carbonyl (C=O) groups excluding carboxylic acids is 7. The van der Waals surface area contributed by atoms with Gasteiger partial charge in [-0.25, -0.2) is 4.79 Å². The molecule has 16 atom stereocenters. The number of aliphatic hydroxyl groups is 7. The number of phenols is 1. The van der Waals surface area contributed by atoms with E-state index in [1.54, 1.807) is 0 Å². The van der Waals surface area contributed by atoms with Crippen LogP contribution in [0, 0.1) is 11.8 Å². The zero-order chi connectivity index (χ0) is 57.1. The summed E-state index contributed by atoms with van der Waals surface area (Å²) < 4.78 is 0. The van der Waals surface area contributed by atoms with Crippen molar-refractivity contribution in [3.8, 4) is 5.75 Å². The fraction of sp³-hybridized carbons (Fsp3) is 0.750. The Morgan fingerprint density at radius 2 is 1.39 bits per heavy atom. The van der Waals surface area contributed by atoms with Crippen LogP contribution in [0.3, 0.4) is 0 Å². The molecule has 3 aliphatic rings. The number of hydrogen-bond donors (Lipinski definition) is 16. The topological polar surface area (TPSA) is 412 Å². The lowest BCUT2D eigenvalue weighted by atomic mass is 9.91. The molecule has 25 heteroatoms. The van der Waals surface area contributed by atoms with Gasteiger partial charge >= 0.3 is 6.03 Å². The van der Waals surface area contributed by atoms with Crippen molar-refractivity contribution in [1.82, 2.24) is 41.7 Å². The number of hydrogen-bond acceptors (Lipinski definition) is 18. The number of carbonyl (C=O) groups is 7. The van der Waals surface area contributed by atoms with Crippen molar-refractivity contribution in [1.29, 1.82) is 0 Å². The van der Waals surface area contributed by atoms with Gasteiger partial charge in [0, 0.05) is 45.4 Å². The first-order valence-electron chi connectivity index (χ1n) is 27.3. The van der Waals surface area contributed by atoms with E-state index in [2.05, 4.69) is 52.7 Å². The molecule has 0 saturated carbocycles. The molecule has 0 radical (unpaired) electrons. The molecule has 18 N–H and O–H groups in total. The maximum Gasteiger partial charge on any atom is 0.318 e. The SMILES string of the molecule is CC[C@H](C)C[C@H](C)CCCCCCCCC(=O)N[C@H]1C[C@@H](O)[C@H](NCCN)NC(=O)[C@@H]2[C@@H](O)CCN2C(=O)[C@H]([C@H](O)CCN)NC(=O)[C@H]([C@H](O)[C@@H](O)c2ccc(O)cc2)NC(=O)N2C[C@@H](O)CC2C(=O)[C@H]([C@@H](C)O)NC1=O. The van der Waals surface area contributed by atoms with Crippen LogP contribution in [0.1, 0.15) is 129 Å². The quantitative estimate of drug-likeness (QED) is 0.0497. The van der Waals surface area contributed by atoms with E-state index in [1.807, 2.05) is 0 Å². The average Bonchev–Trinajstić information content (AvgIpc) is 3.99. The summed E-state index contributed by atoms with van der Waals surface area (Å²) in [6, 6.07) is -7.64. The van der Waals surface area contributed by atoms with Crippen LogP contribution in [0.4, 0.5) is 4.79 Å². The largest absolute Gasteiger partial charge is 0.508 e. The first kappa shape index (κ1) is 64.4. The number of nitrogens with zero attached hydrogens (tertiary/aromatic N) is 2. The molecule has 3 aliphatic heterocycles. The number of phenolic OH excluding ortho intramolecular Hbond substituents is 1. The van der Waals surface area contributed by atoms with Gasteiger partial charge in [-0.3, -0.25) is 34.1 Å². The van der Waals surface area contributed by atoms with Gasteiger partial charge in [0.05, 0.1) is 36.6 Å². The number of aliphatic hydroxyl groups excluding tert-OH is 7. The van der Waals surface area contributed by atoms with Crippen molar-refractivity contribution >= 4 is 41.4 Å². The number of amides is 7. The fourth-order valence-corrected chi connectivity index (χ4v) is 10.3. The normalized spacial score (nSPS) is 28.6. The van der Waals surface area contributed by atoms with Crippen molar-refractivity contribution in [2.24, 2.45) is 23.3 Å². The fourth-order valence-electron chi connectivity index (χ4n) is 10.3. The highest BCUT2D eigenvalue weighted by Crippen LogP contribution is 2.27. The zero-order valence-corrected chi connectivity index (χ0v) is 45.0. The predicted molar refractivity (Wildman–Crippen MR) is 281 cm³/mol. The highest BCUT2D eigenvalue weighted by Gasteiger charge is 2.49. The molecule has 1 unspecified atom stereocenters. The van der Waals surface area contributed by atoms with Gasteiger partial charge in [0.2, 0.25) is 29.5 Å². The number of benzene rings is 1. The van der Waals surface area contributed by atoms with Gasteiger partial charge in [-0.05, 0) is 68.7 Å². The first-order chi connectivity index (χ1) is 36.5. The number of nitrogens with two attached hydrogens (primary N) is 2. The molecule has 0 bridgehead atoms. The van der Waals surface area contributed by atoms with Crippen molar-refractivity contribution in [2.75, 3.05) is 32.7 Å². The number of urea groups is 1. The Kier molecular flexibility index (Phi) is 26.4. The van der Waals surface area contributed by atoms with Gasteiger partial charge in [-0.2, -0.15) is 0 Å². The summed E-state index contributed by atoms with van der Waals surface area (Å²) in [5, 5.41) is 104. The summed E-state index contributed by atoms with van der Waals surface area (Å²) >= 11 is 0. The van der Waals surface area contributed by atoms with Crippen LogP contribution in [0.25, 0.3) is 0 Å². The minimum absolute atomic E-state index is 0.0242. The predicted octanol–water partition coefficient (Wildman–Crippen LogP) is -2.68. The summed E-state index contributed by atoms with van der Waals surface area (Å²) in [5.41, 5.74) is 11.5. The summed E-state index contributed by atoms with van der Waals surface area (Å²) in [5.74, 6) is -5.14. The number of aromatic hydroxyl groups is 1. The molecule has 4 rings (SSSR count). The van der Waals surface area contributed by atoms with Crippen LogP contribution in [-0.2, 0) is 28.8 Å². The van der Waals surface area contributed by atoms with Gasteiger partial charge < -0.3 is 88.7 Å². The Morgan fingerprint density at radius 1 is 0.740 bits per heavy atom. The second-order valence-corrected chi connectivity index (χ2v) is 21.3. The third kappa shape index (κ3) is 18.8. The van der Waals surface area contributed by atoms with Gasteiger partial charge in [-0.1, -0.05) is 77.8 Å². The van der Waals surface area contributed by atoms with Gasteiger partial charge in [0.15, 0.2) is 5.78 Å². The molecule has 3 saturated heterocycles. The van der Waals surface area contributed by atoms with E-state index in [9.17, 15) is 74.4 Å². The lowest BCUT2D eigenvalue weighted by Crippen LogP contribution is -2.65. The maximum absolute atomic E-state index is 14.6. The van der Waals surface area contributed by atoms with Crippen LogP contribution in [-0.4, -0.2) is 204 Å².